The van der Waals surface area contributed by atoms with Crippen molar-refractivity contribution in [2.45, 2.75) is 25.6 Å². The molecule has 1 aliphatic heterocycles. The smallest absolute Gasteiger partial charge is 0.237 e. The molecule has 0 aromatic carbocycles. The minimum atomic E-state index is -0.406. The van der Waals surface area contributed by atoms with Gasteiger partial charge in [0.2, 0.25) is 5.91 Å². The number of fused-ring (bicyclic) bond motifs is 1. The zero-order chi connectivity index (χ0) is 14.1. The normalized spacial score (nSPS) is 24.1. The monoisotopic (exact) mass is 275 g/mol. The molecule has 0 bridgehead atoms. The number of morpholine rings is 1. The van der Waals surface area contributed by atoms with Gasteiger partial charge in [-0.25, -0.2) is 4.98 Å². The second-order valence-corrected chi connectivity index (χ2v) is 4.95. The number of hydrogen-bond acceptors (Lipinski definition) is 5. The molecule has 2 aromatic rings. The number of hydrogen-bond donors (Lipinski definition) is 1. The lowest BCUT2D eigenvalue weighted by Crippen LogP contribution is -2.56. The molecule has 3 heterocycles. The van der Waals surface area contributed by atoms with E-state index >= 15 is 0 Å². The first-order valence-electron chi connectivity index (χ1n) is 6.58. The molecule has 0 radical (unpaired) electrons. The molecule has 0 aliphatic carbocycles. The molecule has 2 atom stereocenters. The molecule has 20 heavy (non-hydrogen) atoms. The van der Waals surface area contributed by atoms with Gasteiger partial charge in [0.25, 0.3) is 0 Å². The van der Waals surface area contributed by atoms with Gasteiger partial charge < -0.3 is 10.5 Å². The fourth-order valence-electron chi connectivity index (χ4n) is 2.69. The largest absolute Gasteiger partial charge is 0.375 e. The van der Waals surface area contributed by atoms with Crippen LogP contribution in [0.25, 0.3) is 5.65 Å². The molecule has 3 rings (SSSR count). The van der Waals surface area contributed by atoms with E-state index in [-0.39, 0.29) is 12.0 Å². The van der Waals surface area contributed by atoms with Crippen LogP contribution in [-0.2, 0) is 16.1 Å². The fraction of sp³-hybridized carbons (Fsp3) is 0.462. The third-order valence-electron chi connectivity index (χ3n) is 3.65. The third-order valence-corrected chi connectivity index (χ3v) is 3.65. The number of carbonyl (C=O) groups excluding carboxylic acids is 1. The molecule has 1 saturated heterocycles. The van der Waals surface area contributed by atoms with Crippen molar-refractivity contribution in [3.05, 3.63) is 30.5 Å². The number of amides is 1. The van der Waals surface area contributed by atoms with Gasteiger partial charge in [-0.1, -0.05) is 0 Å². The highest BCUT2D eigenvalue weighted by molar-refractivity contribution is 5.80. The molecular formula is C13H17N5O2. The number of carbonyl (C=O) groups is 1. The molecule has 1 aliphatic rings. The minimum absolute atomic E-state index is 0.192. The van der Waals surface area contributed by atoms with Gasteiger partial charge in [-0.15, -0.1) is 0 Å². The Labute approximate surface area is 116 Å². The molecule has 106 valence electrons. The van der Waals surface area contributed by atoms with Crippen LogP contribution in [0.3, 0.4) is 0 Å². The predicted octanol–water partition coefficient (Wildman–Crippen LogP) is -0.196. The van der Waals surface area contributed by atoms with E-state index in [0.717, 1.165) is 11.3 Å². The Morgan fingerprint density at radius 2 is 2.40 bits per heavy atom. The topological polar surface area (TPSA) is 85.8 Å². The molecule has 7 nitrogen and oxygen atoms in total. The fourth-order valence-corrected chi connectivity index (χ4v) is 2.69. The number of imidazole rings is 1. The first kappa shape index (κ1) is 13.0. The number of primary amides is 1. The molecule has 2 aromatic heterocycles. The van der Waals surface area contributed by atoms with Gasteiger partial charge in [-0.05, 0) is 6.92 Å². The van der Waals surface area contributed by atoms with Crippen molar-refractivity contribution in [2.24, 2.45) is 5.73 Å². The first-order chi connectivity index (χ1) is 9.66. The maximum atomic E-state index is 11.6. The van der Waals surface area contributed by atoms with E-state index in [4.69, 9.17) is 10.5 Å². The maximum absolute atomic E-state index is 11.6. The Morgan fingerprint density at radius 3 is 3.20 bits per heavy atom. The van der Waals surface area contributed by atoms with E-state index in [9.17, 15) is 4.79 Å². The first-order valence-corrected chi connectivity index (χ1v) is 6.58. The molecule has 1 fully saturated rings. The van der Waals surface area contributed by atoms with Crippen molar-refractivity contribution in [1.29, 1.82) is 0 Å². The predicted molar refractivity (Wildman–Crippen MR) is 71.8 cm³/mol. The standard InChI is InChI=1S/C13H17N5O2/c1-9-12(13(14)19)17(4-5-20-9)8-10-6-16-11-7-15-2-3-18(10)11/h2-3,6-7,9,12H,4-5,8H2,1H3,(H2,14,19)/t9-,12+/m1/s1. The van der Waals surface area contributed by atoms with Crippen LogP contribution in [0.4, 0.5) is 0 Å². The summed E-state index contributed by atoms with van der Waals surface area (Å²) < 4.78 is 7.48. The lowest BCUT2D eigenvalue weighted by atomic mass is 10.1. The SMILES string of the molecule is C[C@H]1OCCN(Cc2cnc3cnccn23)[C@@H]1C(N)=O. The van der Waals surface area contributed by atoms with Gasteiger partial charge in [0.1, 0.15) is 6.04 Å². The summed E-state index contributed by atoms with van der Waals surface area (Å²) in [6.07, 6.45) is 6.89. The van der Waals surface area contributed by atoms with Crippen LogP contribution in [0, 0.1) is 0 Å². The lowest BCUT2D eigenvalue weighted by molar-refractivity contribution is -0.136. The summed E-state index contributed by atoms with van der Waals surface area (Å²) in [5.74, 6) is -0.354. The van der Waals surface area contributed by atoms with Gasteiger partial charge in [-0.2, -0.15) is 0 Å². The highest BCUT2D eigenvalue weighted by atomic mass is 16.5. The summed E-state index contributed by atoms with van der Waals surface area (Å²) in [5.41, 5.74) is 7.29. The van der Waals surface area contributed by atoms with Gasteiger partial charge in [-0.3, -0.25) is 19.1 Å². The molecular weight excluding hydrogens is 258 g/mol. The average Bonchev–Trinajstić information content (AvgIpc) is 2.82. The Kier molecular flexibility index (Phi) is 3.37. The summed E-state index contributed by atoms with van der Waals surface area (Å²) in [7, 11) is 0. The maximum Gasteiger partial charge on any atom is 0.237 e. The molecule has 0 spiro atoms. The number of nitrogens with two attached hydrogens (primary N) is 1. The van der Waals surface area contributed by atoms with E-state index in [0.29, 0.717) is 19.7 Å². The van der Waals surface area contributed by atoms with E-state index in [2.05, 4.69) is 9.97 Å². The van der Waals surface area contributed by atoms with Crippen LogP contribution in [-0.4, -0.2) is 50.5 Å². The van der Waals surface area contributed by atoms with Crippen LogP contribution in [0.15, 0.2) is 24.8 Å². The zero-order valence-electron chi connectivity index (χ0n) is 11.3. The van der Waals surface area contributed by atoms with Gasteiger partial charge in [0.15, 0.2) is 5.65 Å². The van der Waals surface area contributed by atoms with Crippen molar-refractivity contribution in [1.82, 2.24) is 19.3 Å². The van der Waals surface area contributed by atoms with Crippen molar-refractivity contribution in [2.75, 3.05) is 13.2 Å². The molecule has 2 N–H and O–H groups in total. The van der Waals surface area contributed by atoms with E-state index in [1.54, 1.807) is 18.6 Å². The summed E-state index contributed by atoms with van der Waals surface area (Å²) in [4.78, 5) is 22.0. The Morgan fingerprint density at radius 1 is 1.55 bits per heavy atom. The van der Waals surface area contributed by atoms with Crippen LogP contribution in [0.1, 0.15) is 12.6 Å². The lowest BCUT2D eigenvalue weighted by Gasteiger charge is -2.37. The Bertz CT molecular complexity index is 626. The summed E-state index contributed by atoms with van der Waals surface area (Å²) in [6, 6.07) is -0.406. The van der Waals surface area contributed by atoms with E-state index in [1.165, 1.54) is 0 Å². The quantitative estimate of drug-likeness (QED) is 0.838. The second kappa shape index (κ2) is 5.18. The number of nitrogens with zero attached hydrogens (tertiary/aromatic N) is 4. The van der Waals surface area contributed by atoms with Gasteiger partial charge >= 0.3 is 0 Å². The number of ether oxygens (including phenoxy) is 1. The van der Waals surface area contributed by atoms with Crippen molar-refractivity contribution in [3.8, 4) is 0 Å². The van der Waals surface area contributed by atoms with Crippen molar-refractivity contribution in [3.63, 3.8) is 0 Å². The van der Waals surface area contributed by atoms with E-state index < -0.39 is 6.04 Å². The Balaban J connectivity index is 1.87. The van der Waals surface area contributed by atoms with Gasteiger partial charge in [0, 0.05) is 25.5 Å². The third kappa shape index (κ3) is 2.25. The molecule has 0 unspecified atom stereocenters. The molecule has 0 saturated carbocycles. The van der Waals surface area contributed by atoms with Crippen LogP contribution in [0.5, 0.6) is 0 Å². The summed E-state index contributed by atoms with van der Waals surface area (Å²) >= 11 is 0. The van der Waals surface area contributed by atoms with Crippen molar-refractivity contribution < 1.29 is 9.53 Å². The van der Waals surface area contributed by atoms with Crippen LogP contribution < -0.4 is 5.73 Å². The summed E-state index contributed by atoms with van der Waals surface area (Å²) in [5, 5.41) is 0. The number of rotatable bonds is 3. The number of aromatic nitrogens is 3. The Hall–Kier alpha value is -1.99. The highest BCUT2D eigenvalue weighted by Crippen LogP contribution is 2.17. The minimum Gasteiger partial charge on any atom is -0.375 e. The van der Waals surface area contributed by atoms with Crippen molar-refractivity contribution >= 4 is 11.6 Å². The molecule has 7 heteroatoms. The van der Waals surface area contributed by atoms with Crippen LogP contribution >= 0.6 is 0 Å². The summed E-state index contributed by atoms with van der Waals surface area (Å²) in [6.45, 7) is 3.76. The highest BCUT2D eigenvalue weighted by Gasteiger charge is 2.34. The van der Waals surface area contributed by atoms with Gasteiger partial charge in [0.05, 0.1) is 30.8 Å². The second-order valence-electron chi connectivity index (χ2n) is 4.95. The average molecular weight is 275 g/mol. The zero-order valence-corrected chi connectivity index (χ0v) is 11.3. The van der Waals surface area contributed by atoms with E-state index in [1.807, 2.05) is 22.4 Å². The van der Waals surface area contributed by atoms with Crippen LogP contribution in [0.2, 0.25) is 0 Å². The molecule has 1 amide bonds.